The third-order valence-electron chi connectivity index (χ3n) is 2.29. The summed E-state index contributed by atoms with van der Waals surface area (Å²) >= 11 is 3.44. The first-order chi connectivity index (χ1) is 6.76. The van der Waals surface area contributed by atoms with Crippen molar-refractivity contribution < 1.29 is 0 Å². The molecule has 1 aromatic carbocycles. The van der Waals surface area contributed by atoms with Crippen LogP contribution in [0.15, 0.2) is 40.4 Å². The van der Waals surface area contributed by atoms with Crippen LogP contribution < -0.4 is 0 Å². The van der Waals surface area contributed by atoms with E-state index in [1.54, 1.807) is 0 Å². The smallest absolute Gasteiger partial charge is 0.0175 e. The van der Waals surface area contributed by atoms with Crippen molar-refractivity contribution in [2.75, 3.05) is 0 Å². The molecule has 0 saturated heterocycles. The Labute approximate surface area is 95.2 Å². The highest BCUT2D eigenvalue weighted by molar-refractivity contribution is 9.10. The van der Waals surface area contributed by atoms with Gasteiger partial charge in [0.15, 0.2) is 0 Å². The number of hydrogen-bond acceptors (Lipinski definition) is 0. The fraction of sp³-hybridized carbons (Fsp3) is 0.385. The van der Waals surface area contributed by atoms with Gasteiger partial charge in [0.2, 0.25) is 0 Å². The van der Waals surface area contributed by atoms with Gasteiger partial charge in [-0.15, -0.1) is 0 Å². The number of halogens is 1. The van der Waals surface area contributed by atoms with Gasteiger partial charge in [0.1, 0.15) is 0 Å². The summed E-state index contributed by atoms with van der Waals surface area (Å²) in [5.41, 5.74) is 2.93. The standard InChI is InChI=1S/C13H17Br/c1-3-5-11(4-2)10-12-6-8-13(14)9-7-12/h5-9H,3-4,10H2,1-2H3/b11-5+. The zero-order chi connectivity index (χ0) is 10.4. The van der Waals surface area contributed by atoms with Crippen LogP contribution in [0.25, 0.3) is 0 Å². The summed E-state index contributed by atoms with van der Waals surface area (Å²) in [5, 5.41) is 0. The molecule has 0 bridgehead atoms. The molecule has 14 heavy (non-hydrogen) atoms. The second-order valence-electron chi connectivity index (χ2n) is 3.43. The maximum absolute atomic E-state index is 3.44. The molecule has 0 amide bonds. The van der Waals surface area contributed by atoms with Gasteiger partial charge in [-0.1, -0.05) is 53.6 Å². The minimum absolute atomic E-state index is 1.09. The highest BCUT2D eigenvalue weighted by Gasteiger charge is 1.96. The summed E-state index contributed by atoms with van der Waals surface area (Å²) in [7, 11) is 0. The van der Waals surface area contributed by atoms with Crippen LogP contribution >= 0.6 is 15.9 Å². The second kappa shape index (κ2) is 6.02. The maximum Gasteiger partial charge on any atom is 0.0175 e. The average Bonchev–Trinajstić information content (AvgIpc) is 2.20. The normalized spacial score (nSPS) is 11.8. The molecule has 0 fully saturated rings. The first-order valence-electron chi connectivity index (χ1n) is 5.18. The van der Waals surface area contributed by atoms with E-state index in [2.05, 4.69) is 60.1 Å². The van der Waals surface area contributed by atoms with Gasteiger partial charge in [-0.25, -0.2) is 0 Å². The van der Waals surface area contributed by atoms with E-state index in [9.17, 15) is 0 Å². The van der Waals surface area contributed by atoms with E-state index in [4.69, 9.17) is 0 Å². The molecule has 0 saturated carbocycles. The van der Waals surface area contributed by atoms with Crippen molar-refractivity contribution >= 4 is 15.9 Å². The summed E-state index contributed by atoms with van der Waals surface area (Å²) in [4.78, 5) is 0. The zero-order valence-corrected chi connectivity index (χ0v) is 10.5. The van der Waals surface area contributed by atoms with Crippen LogP contribution in [0.5, 0.6) is 0 Å². The summed E-state index contributed by atoms with van der Waals surface area (Å²) in [6, 6.07) is 8.58. The predicted molar refractivity (Wildman–Crippen MR) is 66.5 cm³/mol. The molecule has 0 spiro atoms. The van der Waals surface area contributed by atoms with Crippen LogP contribution in [0.1, 0.15) is 32.3 Å². The third kappa shape index (κ3) is 3.67. The van der Waals surface area contributed by atoms with Crippen molar-refractivity contribution in [2.45, 2.75) is 33.1 Å². The van der Waals surface area contributed by atoms with Gasteiger partial charge >= 0.3 is 0 Å². The molecule has 0 nitrogen and oxygen atoms in total. The topological polar surface area (TPSA) is 0 Å². The van der Waals surface area contributed by atoms with Crippen LogP contribution in [-0.4, -0.2) is 0 Å². The van der Waals surface area contributed by atoms with Gasteiger partial charge in [-0.3, -0.25) is 0 Å². The van der Waals surface area contributed by atoms with Crippen LogP contribution in [-0.2, 0) is 6.42 Å². The van der Waals surface area contributed by atoms with Gasteiger partial charge in [-0.05, 0) is 37.0 Å². The molecule has 0 heterocycles. The SMILES string of the molecule is CC/C=C(\CC)Cc1ccc(Br)cc1. The number of hydrogen-bond donors (Lipinski definition) is 0. The lowest BCUT2D eigenvalue weighted by atomic mass is 10.0. The summed E-state index contributed by atoms with van der Waals surface area (Å²) in [5.74, 6) is 0. The van der Waals surface area contributed by atoms with Gasteiger partial charge in [0.05, 0.1) is 0 Å². The lowest BCUT2D eigenvalue weighted by Gasteiger charge is -2.04. The molecule has 1 heteroatoms. The molecule has 0 unspecified atom stereocenters. The van der Waals surface area contributed by atoms with E-state index in [1.165, 1.54) is 11.1 Å². The van der Waals surface area contributed by atoms with Crippen LogP contribution in [0.3, 0.4) is 0 Å². The van der Waals surface area contributed by atoms with Gasteiger partial charge in [0.25, 0.3) is 0 Å². The minimum Gasteiger partial charge on any atom is -0.0853 e. The van der Waals surface area contributed by atoms with Crippen molar-refractivity contribution in [3.05, 3.63) is 46.0 Å². The van der Waals surface area contributed by atoms with E-state index in [0.29, 0.717) is 0 Å². The first kappa shape index (κ1) is 11.5. The Morgan fingerprint density at radius 2 is 1.86 bits per heavy atom. The molecule has 0 aliphatic rings. The molecule has 0 N–H and O–H groups in total. The molecule has 0 aliphatic carbocycles. The van der Waals surface area contributed by atoms with Crippen LogP contribution in [0, 0.1) is 0 Å². The summed E-state index contributed by atoms with van der Waals surface area (Å²) < 4.78 is 1.15. The Balaban J connectivity index is 2.67. The molecular formula is C13H17Br. The molecule has 76 valence electrons. The number of benzene rings is 1. The average molecular weight is 253 g/mol. The van der Waals surface area contributed by atoms with Crippen molar-refractivity contribution in [2.24, 2.45) is 0 Å². The lowest BCUT2D eigenvalue weighted by Crippen LogP contribution is -1.89. The zero-order valence-electron chi connectivity index (χ0n) is 8.89. The Hall–Kier alpha value is -0.560. The Bertz CT molecular complexity index is 296. The maximum atomic E-state index is 3.44. The predicted octanol–water partition coefficient (Wildman–Crippen LogP) is 4.74. The molecule has 0 atom stereocenters. The van der Waals surface area contributed by atoms with Crippen LogP contribution in [0.2, 0.25) is 0 Å². The first-order valence-corrected chi connectivity index (χ1v) is 5.98. The molecular weight excluding hydrogens is 236 g/mol. The highest BCUT2D eigenvalue weighted by atomic mass is 79.9. The van der Waals surface area contributed by atoms with E-state index < -0.39 is 0 Å². The second-order valence-corrected chi connectivity index (χ2v) is 4.34. The third-order valence-corrected chi connectivity index (χ3v) is 2.82. The van der Waals surface area contributed by atoms with E-state index in [1.807, 2.05) is 0 Å². The highest BCUT2D eigenvalue weighted by Crippen LogP contribution is 2.15. The Morgan fingerprint density at radius 3 is 2.36 bits per heavy atom. The van der Waals surface area contributed by atoms with Gasteiger partial charge < -0.3 is 0 Å². The van der Waals surface area contributed by atoms with E-state index in [-0.39, 0.29) is 0 Å². The quantitative estimate of drug-likeness (QED) is 0.680. The molecule has 1 aromatic rings. The minimum atomic E-state index is 1.09. The summed E-state index contributed by atoms with van der Waals surface area (Å²) in [6.45, 7) is 4.41. The molecule has 0 radical (unpaired) electrons. The lowest BCUT2D eigenvalue weighted by molar-refractivity contribution is 0.978. The number of allylic oxidation sites excluding steroid dienone is 2. The van der Waals surface area contributed by atoms with Crippen molar-refractivity contribution in [1.82, 2.24) is 0 Å². The van der Waals surface area contributed by atoms with Gasteiger partial charge in [-0.2, -0.15) is 0 Å². The Kier molecular flexibility index (Phi) is 4.95. The summed E-state index contributed by atoms with van der Waals surface area (Å²) in [6.07, 6.45) is 5.73. The molecule has 0 aliphatic heterocycles. The number of rotatable bonds is 4. The molecule has 1 rings (SSSR count). The fourth-order valence-corrected chi connectivity index (χ4v) is 1.76. The van der Waals surface area contributed by atoms with Gasteiger partial charge in [0, 0.05) is 4.47 Å². The van der Waals surface area contributed by atoms with E-state index in [0.717, 1.165) is 23.7 Å². The van der Waals surface area contributed by atoms with Crippen LogP contribution in [0.4, 0.5) is 0 Å². The Morgan fingerprint density at radius 1 is 1.21 bits per heavy atom. The van der Waals surface area contributed by atoms with Crippen molar-refractivity contribution in [3.8, 4) is 0 Å². The fourth-order valence-electron chi connectivity index (χ4n) is 1.49. The largest absolute Gasteiger partial charge is 0.0853 e. The van der Waals surface area contributed by atoms with Crippen molar-refractivity contribution in [3.63, 3.8) is 0 Å². The monoisotopic (exact) mass is 252 g/mol. The van der Waals surface area contributed by atoms with E-state index >= 15 is 0 Å². The van der Waals surface area contributed by atoms with Crippen molar-refractivity contribution in [1.29, 1.82) is 0 Å². The molecule has 0 aromatic heterocycles.